The van der Waals surface area contributed by atoms with Gasteiger partial charge in [-0.15, -0.1) is 0 Å². The Morgan fingerprint density at radius 3 is 2.68 bits per heavy atom. The van der Waals surface area contributed by atoms with Crippen molar-refractivity contribution in [3.63, 3.8) is 0 Å². The highest BCUT2D eigenvalue weighted by atomic mass is 16.5. The van der Waals surface area contributed by atoms with Gasteiger partial charge in [-0.05, 0) is 89.9 Å². The number of anilines is 1. The first-order valence-electron chi connectivity index (χ1n) is 13.7. The van der Waals surface area contributed by atoms with Crippen LogP contribution < -0.4 is 10.5 Å². The molecule has 2 aliphatic carbocycles. The molecule has 0 saturated heterocycles. The molecule has 5 heteroatoms. The van der Waals surface area contributed by atoms with E-state index in [2.05, 4.69) is 29.2 Å². The van der Waals surface area contributed by atoms with Crippen LogP contribution in [-0.2, 0) is 21.4 Å². The number of ether oxygens (including phenoxy) is 2. The molecule has 2 aliphatic rings. The summed E-state index contributed by atoms with van der Waals surface area (Å²) in [6, 6.07) is 21.2. The largest absolute Gasteiger partial charge is 0.485 e. The lowest BCUT2D eigenvalue weighted by Gasteiger charge is -2.25. The lowest BCUT2D eigenvalue weighted by Crippen LogP contribution is -2.19. The van der Waals surface area contributed by atoms with E-state index >= 15 is 0 Å². The number of nitrogen functional groups attached to an aromatic ring is 1. The number of benzene rings is 3. The number of pyridine rings is 1. The zero-order valence-electron chi connectivity index (χ0n) is 22.1. The second-order valence-corrected chi connectivity index (χ2v) is 10.7. The highest BCUT2D eigenvalue weighted by Crippen LogP contribution is 2.56. The van der Waals surface area contributed by atoms with Gasteiger partial charge in [0.2, 0.25) is 0 Å². The van der Waals surface area contributed by atoms with Gasteiger partial charge in [0.25, 0.3) is 0 Å². The minimum absolute atomic E-state index is 0.0764. The predicted octanol–water partition coefficient (Wildman–Crippen LogP) is 7.23. The Morgan fingerprint density at radius 1 is 1.05 bits per heavy atom. The van der Waals surface area contributed by atoms with E-state index < -0.39 is 0 Å². The van der Waals surface area contributed by atoms with Gasteiger partial charge in [-0.3, -0.25) is 4.79 Å². The third-order valence-electron chi connectivity index (χ3n) is 8.52. The fraction of sp³-hybridized carbons (Fsp3) is 0.333. The van der Waals surface area contributed by atoms with E-state index in [1.165, 1.54) is 36.8 Å². The van der Waals surface area contributed by atoms with Crippen molar-refractivity contribution in [1.29, 1.82) is 0 Å². The molecule has 6 rings (SSSR count). The van der Waals surface area contributed by atoms with Gasteiger partial charge in [0.1, 0.15) is 17.7 Å². The Morgan fingerprint density at radius 2 is 1.87 bits per heavy atom. The van der Waals surface area contributed by atoms with Crippen molar-refractivity contribution < 1.29 is 14.3 Å². The van der Waals surface area contributed by atoms with Gasteiger partial charge < -0.3 is 15.2 Å². The number of hydrogen-bond donors (Lipinski definition) is 1. The first-order chi connectivity index (χ1) is 18.5. The summed E-state index contributed by atoms with van der Waals surface area (Å²) in [5.41, 5.74) is 13.3. The van der Waals surface area contributed by atoms with Crippen LogP contribution >= 0.6 is 0 Å². The fourth-order valence-corrected chi connectivity index (χ4v) is 6.69. The van der Waals surface area contributed by atoms with Crippen molar-refractivity contribution in [2.45, 2.75) is 63.9 Å². The Balaban J connectivity index is 1.42. The minimum atomic E-state index is -0.224. The second kappa shape index (κ2) is 9.79. The van der Waals surface area contributed by atoms with E-state index in [0.717, 1.165) is 45.2 Å². The zero-order chi connectivity index (χ0) is 26.3. The van der Waals surface area contributed by atoms with Crippen LogP contribution in [0.4, 0.5) is 5.82 Å². The molecule has 4 aromatic rings. The van der Waals surface area contributed by atoms with Crippen molar-refractivity contribution in [3.05, 3.63) is 89.1 Å². The van der Waals surface area contributed by atoms with Crippen molar-refractivity contribution in [3.8, 4) is 16.9 Å². The molecule has 0 bridgehead atoms. The number of carbonyl (C=O) groups is 1. The van der Waals surface area contributed by atoms with E-state index in [4.69, 9.17) is 15.2 Å². The van der Waals surface area contributed by atoms with Crippen LogP contribution in [0.3, 0.4) is 0 Å². The van der Waals surface area contributed by atoms with E-state index in [1.807, 2.05) is 50.2 Å². The summed E-state index contributed by atoms with van der Waals surface area (Å²) in [6.45, 7) is 4.24. The van der Waals surface area contributed by atoms with Crippen molar-refractivity contribution in [2.24, 2.45) is 0 Å². The highest BCUT2D eigenvalue weighted by Gasteiger charge is 2.46. The maximum atomic E-state index is 12.4. The number of aromatic nitrogens is 1. The molecule has 1 fully saturated rings. The summed E-state index contributed by atoms with van der Waals surface area (Å²) >= 11 is 0. The Kier molecular flexibility index (Phi) is 6.30. The average Bonchev–Trinajstić information content (AvgIpc) is 3.51. The smallest absolute Gasteiger partial charge is 0.310 e. The van der Waals surface area contributed by atoms with Gasteiger partial charge in [-0.25, -0.2) is 4.98 Å². The third-order valence-corrected chi connectivity index (χ3v) is 8.52. The van der Waals surface area contributed by atoms with Crippen LogP contribution in [0.2, 0.25) is 0 Å². The van der Waals surface area contributed by atoms with Gasteiger partial charge in [0, 0.05) is 17.1 Å². The Labute approximate surface area is 224 Å². The molecule has 0 radical (unpaired) electrons. The zero-order valence-corrected chi connectivity index (χ0v) is 22.1. The maximum Gasteiger partial charge on any atom is 0.310 e. The number of hydrogen-bond acceptors (Lipinski definition) is 5. The van der Waals surface area contributed by atoms with Gasteiger partial charge in [-0.2, -0.15) is 0 Å². The molecule has 1 aromatic heterocycles. The Hall–Kier alpha value is -3.86. The number of nitrogens with two attached hydrogens (primary N) is 1. The fourth-order valence-electron chi connectivity index (χ4n) is 6.69. The monoisotopic (exact) mass is 506 g/mol. The van der Waals surface area contributed by atoms with Crippen LogP contribution in [0, 0.1) is 6.92 Å². The van der Waals surface area contributed by atoms with Gasteiger partial charge >= 0.3 is 5.97 Å². The standard InChI is InChI=1S/C33H34N2O3/c1-3-37-31(36)19-26-21(2)8-6-11-29(26)38-30-20-33(15-4-5-16-33)28-13-12-22(18-27(28)30)23-9-7-10-25-24(23)14-17-35-32(25)34/h6-14,17-18,30H,3-5,15-16,19-20H2,1-2H3,(H2,34,35). The summed E-state index contributed by atoms with van der Waals surface area (Å²) in [7, 11) is 0. The highest BCUT2D eigenvalue weighted by molar-refractivity contribution is 6.01. The van der Waals surface area contributed by atoms with E-state index in [9.17, 15) is 4.79 Å². The topological polar surface area (TPSA) is 74.4 Å². The number of esters is 1. The van der Waals surface area contributed by atoms with Gasteiger partial charge in [-0.1, -0.05) is 55.3 Å². The van der Waals surface area contributed by atoms with E-state index in [0.29, 0.717) is 12.4 Å². The normalized spacial score (nSPS) is 17.6. The van der Waals surface area contributed by atoms with Crippen molar-refractivity contribution in [2.75, 3.05) is 12.3 Å². The Bertz CT molecular complexity index is 1520. The minimum Gasteiger partial charge on any atom is -0.485 e. The molecule has 0 aliphatic heterocycles. The predicted molar refractivity (Wildman–Crippen MR) is 151 cm³/mol. The molecule has 1 spiro atoms. The molecule has 1 atom stereocenters. The van der Waals surface area contributed by atoms with Crippen LogP contribution in [0.15, 0.2) is 66.9 Å². The number of aryl methyl sites for hydroxylation is 1. The van der Waals surface area contributed by atoms with Crippen molar-refractivity contribution >= 4 is 22.6 Å². The summed E-state index contributed by atoms with van der Waals surface area (Å²) in [5, 5.41) is 2.07. The molecular weight excluding hydrogens is 472 g/mol. The van der Waals surface area contributed by atoms with Crippen LogP contribution in [0.25, 0.3) is 21.9 Å². The molecule has 1 heterocycles. The summed E-state index contributed by atoms with van der Waals surface area (Å²) in [6.07, 6.45) is 7.77. The van der Waals surface area contributed by atoms with Crippen molar-refractivity contribution in [1.82, 2.24) is 4.98 Å². The maximum absolute atomic E-state index is 12.4. The SMILES string of the molecule is CCOC(=O)Cc1c(C)cccc1OC1CC2(CCCC2)c2ccc(-c3cccc4c(N)nccc34)cc21. The van der Waals surface area contributed by atoms with Gasteiger partial charge in [0.05, 0.1) is 13.0 Å². The molecule has 38 heavy (non-hydrogen) atoms. The van der Waals surface area contributed by atoms with E-state index in [1.54, 1.807) is 6.20 Å². The summed E-state index contributed by atoms with van der Waals surface area (Å²) in [4.78, 5) is 16.7. The first-order valence-corrected chi connectivity index (χ1v) is 13.7. The number of fused-ring (bicyclic) bond motifs is 3. The molecule has 1 saturated carbocycles. The molecule has 1 unspecified atom stereocenters. The second-order valence-electron chi connectivity index (χ2n) is 10.7. The molecule has 194 valence electrons. The number of nitrogens with zero attached hydrogens (tertiary/aromatic N) is 1. The molecule has 3 aromatic carbocycles. The lowest BCUT2D eigenvalue weighted by molar-refractivity contribution is -0.142. The third kappa shape index (κ3) is 4.20. The van der Waals surface area contributed by atoms with Crippen LogP contribution in [0.1, 0.15) is 67.4 Å². The van der Waals surface area contributed by atoms with Gasteiger partial charge in [0.15, 0.2) is 0 Å². The summed E-state index contributed by atoms with van der Waals surface area (Å²) < 4.78 is 12.1. The first kappa shape index (κ1) is 24.5. The number of rotatable bonds is 6. The lowest BCUT2D eigenvalue weighted by atomic mass is 9.80. The van der Waals surface area contributed by atoms with Crippen LogP contribution in [-0.4, -0.2) is 17.6 Å². The molecule has 2 N–H and O–H groups in total. The average molecular weight is 507 g/mol. The summed E-state index contributed by atoms with van der Waals surface area (Å²) in [5.74, 6) is 1.10. The molecular formula is C33H34N2O3. The van der Waals surface area contributed by atoms with E-state index in [-0.39, 0.29) is 23.9 Å². The van der Waals surface area contributed by atoms with Crippen LogP contribution in [0.5, 0.6) is 5.75 Å². The molecule has 5 nitrogen and oxygen atoms in total. The number of carbonyl (C=O) groups excluding carboxylic acids is 1. The molecule has 0 amide bonds. The quantitative estimate of drug-likeness (QED) is 0.279.